The fraction of sp³-hybridized carbons (Fsp3) is 0.385. The van der Waals surface area contributed by atoms with Gasteiger partial charge in [-0.2, -0.15) is 0 Å². The van der Waals surface area contributed by atoms with Crippen LogP contribution in [0.3, 0.4) is 0 Å². The summed E-state index contributed by atoms with van der Waals surface area (Å²) in [4.78, 5) is 0. The van der Waals surface area contributed by atoms with Crippen molar-refractivity contribution in [2.24, 2.45) is 0 Å². The van der Waals surface area contributed by atoms with Crippen molar-refractivity contribution in [2.75, 3.05) is 13.7 Å². The molecule has 96 valence electrons. The zero-order chi connectivity index (χ0) is 12.8. The third-order valence-electron chi connectivity index (χ3n) is 2.57. The van der Waals surface area contributed by atoms with Crippen LogP contribution in [0.5, 0.6) is 5.75 Å². The number of rotatable bonds is 6. The molecule has 1 aromatic carbocycles. The van der Waals surface area contributed by atoms with Gasteiger partial charge < -0.3 is 10.1 Å². The molecule has 0 unspecified atom stereocenters. The normalized spacial score (nSPS) is 10.6. The Morgan fingerprint density at radius 3 is 2.78 bits per heavy atom. The lowest BCUT2D eigenvalue weighted by molar-refractivity contribution is 0.410. The van der Waals surface area contributed by atoms with Crippen LogP contribution in [0.15, 0.2) is 24.3 Å². The van der Waals surface area contributed by atoms with Crippen LogP contribution >= 0.6 is 11.3 Å². The van der Waals surface area contributed by atoms with Gasteiger partial charge in [0.25, 0.3) is 0 Å². The van der Waals surface area contributed by atoms with E-state index in [9.17, 15) is 0 Å². The van der Waals surface area contributed by atoms with Gasteiger partial charge in [0.15, 0.2) is 0 Å². The molecular weight excluding hydrogens is 246 g/mol. The highest BCUT2D eigenvalue weighted by Crippen LogP contribution is 2.22. The molecule has 1 N–H and O–H groups in total. The van der Waals surface area contributed by atoms with E-state index in [2.05, 4.69) is 28.5 Å². The van der Waals surface area contributed by atoms with E-state index in [0.29, 0.717) is 0 Å². The lowest BCUT2D eigenvalue weighted by atomic mass is 10.1. The van der Waals surface area contributed by atoms with Gasteiger partial charge in [0.05, 0.1) is 7.11 Å². The number of hydrogen-bond donors (Lipinski definition) is 1. The number of benzene rings is 1. The first-order valence-corrected chi connectivity index (χ1v) is 6.79. The number of hydrogen-bond acceptors (Lipinski definition) is 5. The first-order valence-electron chi connectivity index (χ1n) is 5.97. The van der Waals surface area contributed by atoms with Crippen molar-refractivity contribution >= 4 is 11.3 Å². The molecule has 0 saturated carbocycles. The minimum absolute atomic E-state index is 0.772. The van der Waals surface area contributed by atoms with Crippen LogP contribution in [-0.4, -0.2) is 23.9 Å². The van der Waals surface area contributed by atoms with E-state index in [4.69, 9.17) is 4.74 Å². The Bertz CT molecular complexity index is 498. The molecule has 0 radical (unpaired) electrons. The van der Waals surface area contributed by atoms with Crippen molar-refractivity contribution in [1.82, 2.24) is 15.5 Å². The molecule has 0 saturated heterocycles. The summed E-state index contributed by atoms with van der Waals surface area (Å²) < 4.78 is 5.33. The number of para-hydroxylation sites is 1. The highest BCUT2D eigenvalue weighted by Gasteiger charge is 2.08. The zero-order valence-electron chi connectivity index (χ0n) is 10.6. The van der Waals surface area contributed by atoms with Crippen molar-refractivity contribution in [3.63, 3.8) is 0 Å². The summed E-state index contributed by atoms with van der Waals surface area (Å²) in [5, 5.41) is 13.7. The van der Waals surface area contributed by atoms with Crippen molar-refractivity contribution in [2.45, 2.75) is 19.9 Å². The van der Waals surface area contributed by atoms with E-state index in [1.807, 2.05) is 18.2 Å². The molecule has 2 aromatic rings. The Morgan fingerprint density at radius 1 is 1.22 bits per heavy atom. The quantitative estimate of drug-likeness (QED) is 0.868. The Balaban J connectivity index is 2.06. The van der Waals surface area contributed by atoms with Crippen LogP contribution in [0.1, 0.15) is 22.5 Å². The standard InChI is InChI=1S/C13H17N3OS/c1-3-14-9-13-16-15-12(18-13)8-10-6-4-5-7-11(10)17-2/h4-7,14H,3,8-9H2,1-2H3. The maximum absolute atomic E-state index is 5.33. The first kappa shape index (κ1) is 13.0. The average Bonchev–Trinajstić information content (AvgIpc) is 2.84. The summed E-state index contributed by atoms with van der Waals surface area (Å²) in [7, 11) is 1.69. The molecule has 0 aliphatic heterocycles. The predicted octanol–water partition coefficient (Wildman–Crippen LogP) is 2.25. The summed E-state index contributed by atoms with van der Waals surface area (Å²) in [5.74, 6) is 0.904. The monoisotopic (exact) mass is 263 g/mol. The fourth-order valence-electron chi connectivity index (χ4n) is 1.68. The second-order valence-electron chi connectivity index (χ2n) is 3.86. The van der Waals surface area contributed by atoms with Gasteiger partial charge in [-0.3, -0.25) is 0 Å². The summed E-state index contributed by atoms with van der Waals surface area (Å²) >= 11 is 1.65. The number of ether oxygens (including phenoxy) is 1. The van der Waals surface area contributed by atoms with Crippen molar-refractivity contribution in [3.05, 3.63) is 39.8 Å². The van der Waals surface area contributed by atoms with Crippen LogP contribution in [0.25, 0.3) is 0 Å². The van der Waals surface area contributed by atoms with Crippen LogP contribution in [0, 0.1) is 0 Å². The second kappa shape index (κ2) is 6.47. The van der Waals surface area contributed by atoms with Crippen molar-refractivity contribution in [1.29, 1.82) is 0 Å². The Kier molecular flexibility index (Phi) is 4.66. The van der Waals surface area contributed by atoms with E-state index in [0.717, 1.165) is 40.8 Å². The molecule has 0 bridgehead atoms. The lowest BCUT2D eigenvalue weighted by Crippen LogP contribution is -2.11. The van der Waals surface area contributed by atoms with Gasteiger partial charge in [-0.25, -0.2) is 0 Å². The molecule has 0 amide bonds. The largest absolute Gasteiger partial charge is 0.496 e. The van der Waals surface area contributed by atoms with Gasteiger partial charge in [0, 0.05) is 18.5 Å². The maximum Gasteiger partial charge on any atom is 0.131 e. The van der Waals surface area contributed by atoms with E-state index < -0.39 is 0 Å². The molecule has 0 aliphatic rings. The molecule has 18 heavy (non-hydrogen) atoms. The SMILES string of the molecule is CCNCc1nnc(Cc2ccccc2OC)s1. The third kappa shape index (κ3) is 3.27. The Morgan fingerprint density at radius 2 is 2.00 bits per heavy atom. The third-order valence-corrected chi connectivity index (χ3v) is 3.49. The minimum atomic E-state index is 0.772. The first-order chi connectivity index (χ1) is 8.83. The van der Waals surface area contributed by atoms with Crippen LogP contribution in [0.4, 0.5) is 0 Å². The second-order valence-corrected chi connectivity index (χ2v) is 5.01. The zero-order valence-corrected chi connectivity index (χ0v) is 11.5. The predicted molar refractivity (Wildman–Crippen MR) is 73.1 cm³/mol. The number of methoxy groups -OCH3 is 1. The molecule has 5 heteroatoms. The minimum Gasteiger partial charge on any atom is -0.496 e. The summed E-state index contributed by atoms with van der Waals surface area (Å²) in [6.07, 6.45) is 0.772. The lowest BCUT2D eigenvalue weighted by Gasteiger charge is -2.05. The van der Waals surface area contributed by atoms with Gasteiger partial charge in [-0.15, -0.1) is 10.2 Å². The van der Waals surface area contributed by atoms with Crippen LogP contribution in [-0.2, 0) is 13.0 Å². The Labute approximate surface area is 111 Å². The maximum atomic E-state index is 5.33. The smallest absolute Gasteiger partial charge is 0.131 e. The topological polar surface area (TPSA) is 47.0 Å². The van der Waals surface area contributed by atoms with Crippen molar-refractivity contribution in [3.8, 4) is 5.75 Å². The molecule has 0 fully saturated rings. The average molecular weight is 263 g/mol. The molecule has 0 spiro atoms. The highest BCUT2D eigenvalue weighted by molar-refractivity contribution is 7.11. The van der Waals surface area contributed by atoms with E-state index in [-0.39, 0.29) is 0 Å². The molecule has 2 rings (SSSR count). The van der Waals surface area contributed by atoms with Crippen molar-refractivity contribution < 1.29 is 4.74 Å². The molecular formula is C13H17N3OS. The van der Waals surface area contributed by atoms with Gasteiger partial charge in [-0.05, 0) is 12.6 Å². The summed E-state index contributed by atoms with van der Waals surface area (Å²) in [6.45, 7) is 3.82. The number of aromatic nitrogens is 2. The van der Waals surface area contributed by atoms with E-state index in [1.165, 1.54) is 0 Å². The molecule has 0 aliphatic carbocycles. The Hall–Kier alpha value is -1.46. The van der Waals surface area contributed by atoms with Gasteiger partial charge in [0.2, 0.25) is 0 Å². The number of nitrogens with zero attached hydrogens (tertiary/aromatic N) is 2. The molecule has 4 nitrogen and oxygen atoms in total. The van der Waals surface area contributed by atoms with Gasteiger partial charge in [0.1, 0.15) is 15.8 Å². The molecule has 1 heterocycles. The van der Waals surface area contributed by atoms with Crippen LogP contribution in [0.2, 0.25) is 0 Å². The highest BCUT2D eigenvalue weighted by atomic mass is 32.1. The van der Waals surface area contributed by atoms with Gasteiger partial charge >= 0.3 is 0 Å². The fourth-order valence-corrected chi connectivity index (χ4v) is 2.51. The summed E-state index contributed by atoms with van der Waals surface area (Å²) in [6, 6.07) is 8.01. The molecule has 0 atom stereocenters. The number of nitrogens with one attached hydrogen (secondary N) is 1. The van der Waals surface area contributed by atoms with Gasteiger partial charge in [-0.1, -0.05) is 36.5 Å². The molecule has 1 aromatic heterocycles. The van der Waals surface area contributed by atoms with Crippen LogP contribution < -0.4 is 10.1 Å². The van der Waals surface area contributed by atoms with E-state index in [1.54, 1.807) is 18.4 Å². The summed E-state index contributed by atoms with van der Waals surface area (Å²) in [5.41, 5.74) is 1.14. The van der Waals surface area contributed by atoms with E-state index >= 15 is 0 Å².